The van der Waals surface area contributed by atoms with Gasteiger partial charge >= 0.3 is 11.9 Å². The number of rotatable bonds is 6. The van der Waals surface area contributed by atoms with Gasteiger partial charge in [-0.15, -0.1) is 0 Å². The van der Waals surface area contributed by atoms with Gasteiger partial charge in [0.1, 0.15) is 0 Å². The van der Waals surface area contributed by atoms with Crippen molar-refractivity contribution < 1.29 is 28.6 Å². The zero-order valence-electron chi connectivity index (χ0n) is 16.7. The molecule has 0 bridgehead atoms. The van der Waals surface area contributed by atoms with Crippen LogP contribution in [0.4, 0.5) is 5.69 Å². The molecule has 2 aromatic carbocycles. The molecule has 1 N–H and O–H groups in total. The van der Waals surface area contributed by atoms with Gasteiger partial charge in [0.05, 0.1) is 6.61 Å². The monoisotopic (exact) mass is 408 g/mol. The number of carbonyl (C=O) groups excluding carboxylic acids is 3. The van der Waals surface area contributed by atoms with Crippen LogP contribution in [0.5, 0.6) is 11.5 Å². The van der Waals surface area contributed by atoms with Crippen LogP contribution < -0.4 is 14.8 Å². The van der Waals surface area contributed by atoms with Crippen molar-refractivity contribution in [2.75, 3.05) is 11.9 Å². The Balaban J connectivity index is 1.85. The van der Waals surface area contributed by atoms with Gasteiger partial charge in [0.25, 0.3) is 0 Å². The Kier molecular flexibility index (Phi) is 6.26. The second-order valence-electron chi connectivity index (χ2n) is 6.33. The number of hydrogen-bond acceptors (Lipinski definition) is 7. The Morgan fingerprint density at radius 1 is 1.10 bits per heavy atom. The van der Waals surface area contributed by atoms with Gasteiger partial charge in [0, 0.05) is 25.1 Å². The molecule has 0 radical (unpaired) electrons. The molecular weight excluding hydrogens is 388 g/mol. The van der Waals surface area contributed by atoms with Crippen LogP contribution >= 0.6 is 0 Å². The van der Waals surface area contributed by atoms with E-state index in [1.54, 1.807) is 48.5 Å². The van der Waals surface area contributed by atoms with E-state index in [4.69, 9.17) is 14.2 Å². The summed E-state index contributed by atoms with van der Waals surface area (Å²) < 4.78 is 15.9. The molecule has 0 aromatic heterocycles. The number of cyclic esters (lactones) is 1. The van der Waals surface area contributed by atoms with Crippen LogP contribution in [0.2, 0.25) is 0 Å². The number of carbonyl (C=O) groups is 3. The Bertz CT molecular complexity index is 1050. The molecule has 30 heavy (non-hydrogen) atoms. The van der Waals surface area contributed by atoms with Crippen LogP contribution in [0.15, 0.2) is 53.2 Å². The minimum absolute atomic E-state index is 0.124. The van der Waals surface area contributed by atoms with Crippen molar-refractivity contribution in [3.8, 4) is 11.5 Å². The topological polar surface area (TPSA) is 103 Å². The van der Waals surface area contributed by atoms with E-state index < -0.39 is 11.9 Å². The fraction of sp³-hybridized carbons (Fsp3) is 0.182. The predicted molar refractivity (Wildman–Crippen MR) is 110 cm³/mol. The van der Waals surface area contributed by atoms with Crippen LogP contribution in [0, 0.1) is 0 Å². The fourth-order valence-electron chi connectivity index (χ4n) is 2.71. The van der Waals surface area contributed by atoms with E-state index in [0.29, 0.717) is 34.9 Å². The summed E-state index contributed by atoms with van der Waals surface area (Å²) in [6.07, 6.45) is 1.56. The lowest BCUT2D eigenvalue weighted by Crippen LogP contribution is -2.07. The number of amides is 1. The maximum atomic E-state index is 12.2. The molecule has 1 amide bonds. The molecule has 0 saturated carbocycles. The second-order valence-corrected chi connectivity index (χ2v) is 6.33. The Morgan fingerprint density at radius 2 is 1.83 bits per heavy atom. The van der Waals surface area contributed by atoms with Crippen LogP contribution in [0.1, 0.15) is 31.9 Å². The van der Waals surface area contributed by atoms with E-state index in [0.717, 1.165) is 0 Å². The van der Waals surface area contributed by atoms with E-state index >= 15 is 0 Å². The number of anilines is 1. The highest BCUT2D eigenvalue weighted by atomic mass is 16.6. The van der Waals surface area contributed by atoms with Gasteiger partial charge in [-0.1, -0.05) is 6.07 Å². The van der Waals surface area contributed by atoms with Gasteiger partial charge in [-0.25, -0.2) is 9.79 Å². The molecule has 3 rings (SSSR count). The van der Waals surface area contributed by atoms with Crippen molar-refractivity contribution in [1.29, 1.82) is 0 Å². The molecule has 1 heterocycles. The molecular formula is C22H20N2O6. The smallest absolute Gasteiger partial charge is 0.363 e. The first-order valence-corrected chi connectivity index (χ1v) is 9.21. The van der Waals surface area contributed by atoms with Gasteiger partial charge < -0.3 is 19.5 Å². The van der Waals surface area contributed by atoms with Gasteiger partial charge in [0.2, 0.25) is 11.8 Å². The minimum atomic E-state index is -0.585. The Morgan fingerprint density at radius 3 is 2.47 bits per heavy atom. The maximum Gasteiger partial charge on any atom is 0.363 e. The molecule has 0 atom stereocenters. The minimum Gasteiger partial charge on any atom is -0.490 e. The first-order valence-electron chi connectivity index (χ1n) is 9.21. The van der Waals surface area contributed by atoms with E-state index in [-0.39, 0.29) is 17.5 Å². The molecule has 8 nitrogen and oxygen atoms in total. The average Bonchev–Trinajstić information content (AvgIpc) is 3.04. The molecule has 0 aliphatic carbocycles. The number of aliphatic imine (C=N–C) groups is 1. The summed E-state index contributed by atoms with van der Waals surface area (Å²) in [5, 5.41) is 2.66. The number of nitrogens with zero attached hydrogens (tertiary/aromatic N) is 1. The van der Waals surface area contributed by atoms with Crippen molar-refractivity contribution in [3.63, 3.8) is 0 Å². The van der Waals surface area contributed by atoms with Crippen LogP contribution in [-0.2, 0) is 19.1 Å². The number of hydrogen-bond donors (Lipinski definition) is 1. The van der Waals surface area contributed by atoms with Crippen LogP contribution in [-0.4, -0.2) is 30.4 Å². The molecule has 1 aliphatic heterocycles. The number of esters is 2. The SMILES string of the molecule is CCOc1cc(/C=C2\N=C(c3ccc(NC(C)=O)cc3)OC2=O)ccc1OC(C)=O. The summed E-state index contributed by atoms with van der Waals surface area (Å²) in [6, 6.07) is 11.7. The van der Waals surface area contributed by atoms with Crippen molar-refractivity contribution in [2.24, 2.45) is 4.99 Å². The number of benzene rings is 2. The standard InChI is InChI=1S/C22H20N2O6/c1-4-28-20-12-15(5-10-19(20)29-14(3)26)11-18-22(27)30-21(24-18)16-6-8-17(9-7-16)23-13(2)25/h5-12H,4H2,1-3H3,(H,23,25)/b18-11-. The van der Waals surface area contributed by atoms with Crippen molar-refractivity contribution >= 4 is 35.5 Å². The van der Waals surface area contributed by atoms with Gasteiger partial charge in [-0.3, -0.25) is 9.59 Å². The first kappa shape index (κ1) is 20.8. The lowest BCUT2D eigenvalue weighted by atomic mass is 10.1. The quantitative estimate of drug-likeness (QED) is 0.447. The summed E-state index contributed by atoms with van der Waals surface area (Å²) in [5.74, 6) is -0.376. The van der Waals surface area contributed by atoms with Crippen LogP contribution in [0.3, 0.4) is 0 Å². The Hall–Kier alpha value is -3.94. The number of nitrogens with one attached hydrogen (secondary N) is 1. The van der Waals surface area contributed by atoms with Crippen molar-refractivity contribution in [1.82, 2.24) is 0 Å². The van der Waals surface area contributed by atoms with Crippen molar-refractivity contribution in [2.45, 2.75) is 20.8 Å². The highest BCUT2D eigenvalue weighted by molar-refractivity contribution is 6.13. The predicted octanol–water partition coefficient (Wildman–Crippen LogP) is 3.31. The molecule has 0 unspecified atom stereocenters. The van der Waals surface area contributed by atoms with Crippen LogP contribution in [0.25, 0.3) is 6.08 Å². The number of ether oxygens (including phenoxy) is 3. The third-order valence-electron chi connectivity index (χ3n) is 3.90. The molecule has 8 heteroatoms. The van der Waals surface area contributed by atoms with E-state index in [1.807, 2.05) is 6.92 Å². The summed E-state index contributed by atoms with van der Waals surface area (Å²) in [4.78, 5) is 38.8. The zero-order chi connectivity index (χ0) is 21.7. The second kappa shape index (κ2) is 9.04. The van der Waals surface area contributed by atoms with Gasteiger partial charge in [-0.2, -0.15) is 0 Å². The normalized spacial score (nSPS) is 14.2. The zero-order valence-corrected chi connectivity index (χ0v) is 16.7. The van der Waals surface area contributed by atoms with Crippen molar-refractivity contribution in [3.05, 3.63) is 59.3 Å². The fourth-order valence-corrected chi connectivity index (χ4v) is 2.71. The largest absolute Gasteiger partial charge is 0.490 e. The van der Waals surface area contributed by atoms with E-state index in [9.17, 15) is 14.4 Å². The summed E-state index contributed by atoms with van der Waals surface area (Å²) >= 11 is 0. The maximum absolute atomic E-state index is 12.2. The lowest BCUT2D eigenvalue weighted by molar-refractivity contribution is -0.132. The molecule has 1 aliphatic rings. The van der Waals surface area contributed by atoms with Gasteiger partial charge in [-0.05, 0) is 55.0 Å². The summed E-state index contributed by atoms with van der Waals surface area (Å²) in [5.41, 5.74) is 1.98. The molecule has 0 saturated heterocycles. The summed E-state index contributed by atoms with van der Waals surface area (Å²) in [6.45, 7) is 4.92. The van der Waals surface area contributed by atoms with E-state index in [1.165, 1.54) is 13.8 Å². The molecule has 0 fully saturated rings. The highest BCUT2D eigenvalue weighted by Crippen LogP contribution is 2.30. The molecule has 0 spiro atoms. The summed E-state index contributed by atoms with van der Waals surface area (Å²) in [7, 11) is 0. The first-order chi connectivity index (χ1) is 14.4. The third-order valence-corrected chi connectivity index (χ3v) is 3.90. The lowest BCUT2D eigenvalue weighted by Gasteiger charge is -2.10. The Labute approximate surface area is 173 Å². The highest BCUT2D eigenvalue weighted by Gasteiger charge is 2.24. The third kappa shape index (κ3) is 5.11. The average molecular weight is 408 g/mol. The van der Waals surface area contributed by atoms with Gasteiger partial charge in [0.15, 0.2) is 17.2 Å². The molecule has 154 valence electrons. The van der Waals surface area contributed by atoms with E-state index in [2.05, 4.69) is 10.3 Å². The molecule has 2 aromatic rings.